The molecule has 522 valence electrons. The lowest BCUT2D eigenvalue weighted by Crippen LogP contribution is -2.72. The van der Waals surface area contributed by atoms with Gasteiger partial charge in [-0.25, -0.2) is 4.79 Å². The van der Waals surface area contributed by atoms with Crippen LogP contribution >= 0.6 is 0 Å². The average Bonchev–Trinajstić information content (AvgIpc) is 0.750. The first kappa shape index (κ1) is 74.5. The van der Waals surface area contributed by atoms with Crippen molar-refractivity contribution in [2.24, 2.45) is 5.11 Å². The lowest BCUT2D eigenvalue weighted by molar-refractivity contribution is -0.395. The standard InChI is InChI=1S/C70H84N4O23/c1-44(75)73-58-54(90-46(3)77)35-70(69(81)82-6,96-62(58)60(92-48(5)79)57(91-47(4)78)43-86-45(2)76)97-63-59(80)55(41-83-36-49-23-12-7-13-24-49)93-68(65(63)88-39-52-29-18-10-19-30-52)95-61-56(42-84-37-50-25-14-8-15-26-50)94-67(85-34-22-33-72-74-71)66(89-40-53-31-20-11-21-32-53)64(61)87-38-51-27-16-9-17-28-51/h7-21,23-32,54-68,80H,22,33-43H2,1-6H3,(H,73,75)/t54-,55+,56+,57+,58+,59-,60-,61+,62+,63-,64-,65+,66+,67+,68-,70-/m0/s1. The first-order valence-electron chi connectivity index (χ1n) is 31.8. The Balaban J connectivity index is 1.31. The fourth-order valence-electron chi connectivity index (χ4n) is 11.4. The highest BCUT2D eigenvalue weighted by molar-refractivity contribution is 5.79. The largest absolute Gasteiger partial charge is 0.465 e. The number of benzene rings is 5. The first-order valence-corrected chi connectivity index (χ1v) is 31.8. The maximum atomic E-state index is 15.2. The lowest BCUT2D eigenvalue weighted by atomic mass is 9.87. The van der Waals surface area contributed by atoms with Crippen molar-refractivity contribution in [3.63, 3.8) is 0 Å². The Morgan fingerprint density at radius 3 is 1.56 bits per heavy atom. The van der Waals surface area contributed by atoms with Crippen LogP contribution in [0.15, 0.2) is 157 Å². The van der Waals surface area contributed by atoms with Gasteiger partial charge in [0.25, 0.3) is 5.79 Å². The lowest BCUT2D eigenvalue weighted by Gasteiger charge is -2.52. The maximum absolute atomic E-state index is 15.2. The van der Waals surface area contributed by atoms with Crippen molar-refractivity contribution in [2.45, 2.75) is 178 Å². The van der Waals surface area contributed by atoms with Gasteiger partial charge in [0.2, 0.25) is 5.91 Å². The van der Waals surface area contributed by atoms with E-state index in [2.05, 4.69) is 15.3 Å². The second kappa shape index (κ2) is 38.0. The zero-order valence-corrected chi connectivity index (χ0v) is 54.8. The molecule has 0 aliphatic carbocycles. The van der Waals surface area contributed by atoms with Gasteiger partial charge in [-0.3, -0.25) is 24.0 Å². The molecule has 97 heavy (non-hydrogen) atoms. The van der Waals surface area contributed by atoms with E-state index >= 15 is 4.79 Å². The number of nitrogens with zero attached hydrogens (tertiary/aromatic N) is 3. The summed E-state index contributed by atoms with van der Waals surface area (Å²) in [5.41, 5.74) is 12.9. The van der Waals surface area contributed by atoms with Gasteiger partial charge in [0.1, 0.15) is 67.6 Å². The normalized spacial score (nSPS) is 26.0. The van der Waals surface area contributed by atoms with Gasteiger partial charge in [-0.15, -0.1) is 0 Å². The van der Waals surface area contributed by atoms with E-state index in [1.807, 2.05) is 121 Å². The number of ether oxygens (including phenoxy) is 16. The molecule has 0 spiro atoms. The predicted molar refractivity (Wildman–Crippen MR) is 340 cm³/mol. The number of carbonyl (C=O) groups is 6. The van der Waals surface area contributed by atoms with E-state index in [0.29, 0.717) is 12.0 Å². The van der Waals surface area contributed by atoms with Crippen molar-refractivity contribution < 1.29 is 110 Å². The van der Waals surface area contributed by atoms with Gasteiger partial charge in [0, 0.05) is 52.7 Å². The molecule has 3 heterocycles. The van der Waals surface area contributed by atoms with Gasteiger partial charge in [0.15, 0.2) is 24.8 Å². The molecule has 3 fully saturated rings. The summed E-state index contributed by atoms with van der Waals surface area (Å²) >= 11 is 0. The molecule has 1 amide bonds. The molecule has 0 radical (unpaired) electrons. The van der Waals surface area contributed by atoms with E-state index in [-0.39, 0.29) is 52.8 Å². The molecule has 27 heteroatoms. The number of hydrogen-bond donors (Lipinski definition) is 2. The average molecular weight is 1350 g/mol. The Labute approximate surface area is 562 Å². The van der Waals surface area contributed by atoms with Crippen LogP contribution in [0.4, 0.5) is 0 Å². The number of aliphatic hydroxyl groups is 1. The van der Waals surface area contributed by atoms with E-state index in [0.717, 1.165) is 64.0 Å². The SMILES string of the molecule is COC(=O)[C@@]1(O[C@H]2[C@@H](O)[C@@H](COCc3ccccc3)O[C@@H](O[C@H]3[C@H](OCc4ccccc4)[C@@H](OCc4ccccc4)[C@H](OCCCN=[N+]=[N-])O[C@@H]3COCc3ccccc3)[C@@H]2OCc2ccccc2)C[C@H](OC(C)=O)[C@@H](NC(C)=O)[C@H]([C@@H](OC(C)=O)[C@@H](COC(C)=O)OC(C)=O)O1. The highest BCUT2D eigenvalue weighted by Crippen LogP contribution is 2.42. The molecular weight excluding hydrogens is 1260 g/mol. The fourth-order valence-corrected chi connectivity index (χ4v) is 11.4. The molecule has 8 rings (SSSR count). The van der Waals surface area contributed by atoms with Gasteiger partial charge in [-0.05, 0) is 39.8 Å². The molecule has 0 aromatic heterocycles. The third-order valence-electron chi connectivity index (χ3n) is 15.7. The van der Waals surface area contributed by atoms with Gasteiger partial charge in [-0.1, -0.05) is 157 Å². The fraction of sp³-hybridized carbons (Fsp3) is 0.486. The molecular formula is C70H84N4O23. The number of aliphatic hydroxyl groups excluding tert-OH is 1. The van der Waals surface area contributed by atoms with E-state index < -0.39 is 153 Å². The Kier molecular flexibility index (Phi) is 29.2. The minimum atomic E-state index is -2.92. The number of azide groups is 1. The zero-order chi connectivity index (χ0) is 69.1. The van der Waals surface area contributed by atoms with Crippen LogP contribution in [0, 0.1) is 0 Å². The van der Waals surface area contributed by atoms with Crippen LogP contribution in [0.25, 0.3) is 10.4 Å². The molecule has 3 aliphatic rings. The van der Waals surface area contributed by atoms with Crippen LogP contribution in [0.5, 0.6) is 0 Å². The van der Waals surface area contributed by atoms with Crippen LogP contribution in [0.1, 0.15) is 75.3 Å². The molecule has 16 atom stereocenters. The summed E-state index contributed by atoms with van der Waals surface area (Å²) in [6.45, 7) is 3.97. The van der Waals surface area contributed by atoms with Crippen LogP contribution in [-0.4, -0.2) is 179 Å². The van der Waals surface area contributed by atoms with E-state index in [9.17, 15) is 29.1 Å². The number of rotatable bonds is 35. The third kappa shape index (κ3) is 22.4. The van der Waals surface area contributed by atoms with Crippen molar-refractivity contribution in [3.8, 4) is 0 Å². The predicted octanol–water partition coefficient (Wildman–Crippen LogP) is 7.00. The Morgan fingerprint density at radius 1 is 0.598 bits per heavy atom. The summed E-state index contributed by atoms with van der Waals surface area (Å²) in [6, 6.07) is 44.6. The van der Waals surface area contributed by atoms with E-state index in [1.54, 1.807) is 30.3 Å². The van der Waals surface area contributed by atoms with E-state index in [1.165, 1.54) is 0 Å². The minimum Gasteiger partial charge on any atom is -0.465 e. The van der Waals surface area contributed by atoms with Crippen molar-refractivity contribution in [1.29, 1.82) is 0 Å². The Bertz CT molecular complexity index is 3300. The molecule has 0 unspecified atom stereocenters. The van der Waals surface area contributed by atoms with Gasteiger partial charge in [0.05, 0.1) is 65.8 Å². The smallest absolute Gasteiger partial charge is 0.366 e. The molecule has 3 aliphatic heterocycles. The summed E-state index contributed by atoms with van der Waals surface area (Å²) in [4.78, 5) is 83.5. The number of esters is 5. The zero-order valence-electron chi connectivity index (χ0n) is 54.8. The van der Waals surface area contributed by atoms with Crippen molar-refractivity contribution in [2.75, 3.05) is 40.1 Å². The monoisotopic (exact) mass is 1350 g/mol. The topological polar surface area (TPSA) is 331 Å². The quantitative estimate of drug-likeness (QED) is 0.0103. The Morgan fingerprint density at radius 2 is 1.08 bits per heavy atom. The number of nitrogens with one attached hydrogen (secondary N) is 1. The Hall–Kier alpha value is -8.25. The first-order chi connectivity index (χ1) is 46.9. The second-order valence-corrected chi connectivity index (χ2v) is 23.2. The van der Waals surface area contributed by atoms with Crippen LogP contribution in [0.2, 0.25) is 0 Å². The number of methoxy groups -OCH3 is 1. The summed E-state index contributed by atoms with van der Waals surface area (Å²) in [5.74, 6) is -8.74. The number of amides is 1. The number of hydrogen-bond acceptors (Lipinski definition) is 24. The third-order valence-corrected chi connectivity index (χ3v) is 15.7. The molecule has 0 saturated carbocycles. The van der Waals surface area contributed by atoms with Gasteiger partial charge < -0.3 is 86.2 Å². The van der Waals surface area contributed by atoms with Crippen LogP contribution in [0.3, 0.4) is 0 Å². The van der Waals surface area contributed by atoms with Crippen LogP contribution < -0.4 is 5.32 Å². The number of carbonyl (C=O) groups excluding carboxylic acids is 6. The maximum Gasteiger partial charge on any atom is 0.366 e. The van der Waals surface area contributed by atoms with Gasteiger partial charge in [-0.2, -0.15) is 0 Å². The van der Waals surface area contributed by atoms with Crippen molar-refractivity contribution >= 4 is 35.8 Å². The molecule has 5 aromatic rings. The van der Waals surface area contributed by atoms with Crippen LogP contribution in [-0.2, 0) is 138 Å². The van der Waals surface area contributed by atoms with Crippen molar-refractivity contribution in [1.82, 2.24) is 5.32 Å². The molecule has 0 bridgehead atoms. The molecule has 2 N–H and O–H groups in total. The molecule has 3 saturated heterocycles. The minimum absolute atomic E-state index is 0.00957. The molecule has 5 aromatic carbocycles. The molecule has 27 nitrogen and oxygen atoms in total. The highest BCUT2D eigenvalue weighted by atomic mass is 16.8. The van der Waals surface area contributed by atoms with E-state index in [4.69, 9.17) is 81.3 Å². The highest BCUT2D eigenvalue weighted by Gasteiger charge is 2.63. The summed E-state index contributed by atoms with van der Waals surface area (Å²) < 4.78 is 104. The van der Waals surface area contributed by atoms with Gasteiger partial charge >= 0.3 is 29.8 Å². The second-order valence-electron chi connectivity index (χ2n) is 23.2. The van der Waals surface area contributed by atoms with Crippen molar-refractivity contribution in [3.05, 3.63) is 190 Å². The summed E-state index contributed by atoms with van der Waals surface area (Å²) in [7, 11) is 1.00. The summed E-state index contributed by atoms with van der Waals surface area (Å²) in [6.07, 6.45) is -22.5. The summed E-state index contributed by atoms with van der Waals surface area (Å²) in [5, 5.41) is 19.6.